The third-order valence-corrected chi connectivity index (χ3v) is 3.61. The molecule has 1 aromatic heterocycles. The van der Waals surface area contributed by atoms with Crippen LogP contribution < -0.4 is 0 Å². The summed E-state index contributed by atoms with van der Waals surface area (Å²) in [6, 6.07) is 10.4. The molecule has 4 heteroatoms. The Morgan fingerprint density at radius 3 is 1.59 bits per heavy atom. The highest BCUT2D eigenvalue weighted by atomic mass is 16.3. The van der Waals surface area contributed by atoms with Gasteiger partial charge in [0, 0.05) is 11.1 Å². The van der Waals surface area contributed by atoms with E-state index in [4.69, 9.17) is 0 Å². The van der Waals surface area contributed by atoms with Crippen LogP contribution >= 0.6 is 0 Å². The standard InChI is InChI=1S/C18H16N2O2/c1-11-7-13(21)3-5-15(11)17-9-19-10-18(20-17)16-6-4-14(22)8-12(16)2/h3-10,21-22H,1-2H3. The lowest BCUT2D eigenvalue weighted by atomic mass is 10.0. The predicted octanol–water partition coefficient (Wildman–Crippen LogP) is 3.84. The van der Waals surface area contributed by atoms with Crippen molar-refractivity contribution in [3.63, 3.8) is 0 Å². The van der Waals surface area contributed by atoms with E-state index in [-0.39, 0.29) is 11.5 Å². The highest BCUT2D eigenvalue weighted by Gasteiger charge is 2.09. The molecule has 0 aliphatic heterocycles. The molecule has 0 aliphatic carbocycles. The van der Waals surface area contributed by atoms with Gasteiger partial charge < -0.3 is 10.2 Å². The van der Waals surface area contributed by atoms with Crippen molar-refractivity contribution in [2.24, 2.45) is 0 Å². The fourth-order valence-corrected chi connectivity index (χ4v) is 2.50. The van der Waals surface area contributed by atoms with Crippen molar-refractivity contribution < 1.29 is 10.2 Å². The number of aromatic hydroxyl groups is 2. The first-order valence-electron chi connectivity index (χ1n) is 6.96. The Balaban J connectivity index is 2.10. The maximum absolute atomic E-state index is 9.52. The summed E-state index contributed by atoms with van der Waals surface area (Å²) in [6.45, 7) is 3.85. The zero-order chi connectivity index (χ0) is 15.7. The lowest BCUT2D eigenvalue weighted by Crippen LogP contribution is -1.93. The second-order valence-corrected chi connectivity index (χ2v) is 5.29. The summed E-state index contributed by atoms with van der Waals surface area (Å²) < 4.78 is 0. The van der Waals surface area contributed by atoms with Gasteiger partial charge in [-0.3, -0.25) is 4.98 Å². The van der Waals surface area contributed by atoms with E-state index in [1.54, 1.807) is 36.7 Å². The molecule has 2 aromatic carbocycles. The number of nitrogens with zero attached hydrogens (tertiary/aromatic N) is 2. The number of phenolic OH excluding ortho intramolecular Hbond substituents is 2. The van der Waals surface area contributed by atoms with Gasteiger partial charge in [-0.15, -0.1) is 0 Å². The summed E-state index contributed by atoms with van der Waals surface area (Å²) >= 11 is 0. The van der Waals surface area contributed by atoms with Crippen molar-refractivity contribution in [3.05, 3.63) is 59.9 Å². The molecule has 3 aromatic rings. The normalized spacial score (nSPS) is 10.6. The van der Waals surface area contributed by atoms with Gasteiger partial charge in [-0.05, 0) is 61.4 Å². The van der Waals surface area contributed by atoms with Crippen molar-refractivity contribution in [1.29, 1.82) is 0 Å². The molecule has 2 N–H and O–H groups in total. The largest absolute Gasteiger partial charge is 0.508 e. The van der Waals surface area contributed by atoms with E-state index in [2.05, 4.69) is 9.97 Å². The van der Waals surface area contributed by atoms with Crippen LogP contribution in [0, 0.1) is 13.8 Å². The van der Waals surface area contributed by atoms with Crippen molar-refractivity contribution in [2.45, 2.75) is 13.8 Å². The maximum atomic E-state index is 9.52. The van der Waals surface area contributed by atoms with Crippen LogP contribution in [0.2, 0.25) is 0 Å². The molecule has 110 valence electrons. The molecule has 0 atom stereocenters. The fourth-order valence-electron chi connectivity index (χ4n) is 2.50. The van der Waals surface area contributed by atoms with Gasteiger partial charge in [0.2, 0.25) is 0 Å². The van der Waals surface area contributed by atoms with Gasteiger partial charge in [0.05, 0.1) is 23.8 Å². The summed E-state index contributed by atoms with van der Waals surface area (Å²) in [6.07, 6.45) is 3.41. The second-order valence-electron chi connectivity index (χ2n) is 5.29. The van der Waals surface area contributed by atoms with Gasteiger partial charge in [-0.1, -0.05) is 0 Å². The molecule has 0 spiro atoms. The Hall–Kier alpha value is -2.88. The minimum absolute atomic E-state index is 0.236. The molecular formula is C18H16N2O2. The average molecular weight is 292 g/mol. The first-order chi connectivity index (χ1) is 10.5. The molecule has 0 radical (unpaired) electrons. The summed E-state index contributed by atoms with van der Waals surface area (Å²) in [4.78, 5) is 8.95. The molecule has 0 aliphatic rings. The number of rotatable bonds is 2. The molecule has 0 unspecified atom stereocenters. The zero-order valence-corrected chi connectivity index (χ0v) is 12.4. The number of aryl methyl sites for hydroxylation is 2. The second kappa shape index (κ2) is 5.48. The quantitative estimate of drug-likeness (QED) is 0.753. The highest BCUT2D eigenvalue weighted by molar-refractivity contribution is 5.69. The fraction of sp³-hybridized carbons (Fsp3) is 0.111. The molecule has 22 heavy (non-hydrogen) atoms. The van der Waals surface area contributed by atoms with Gasteiger partial charge in [0.15, 0.2) is 0 Å². The molecule has 1 heterocycles. The van der Waals surface area contributed by atoms with Gasteiger partial charge >= 0.3 is 0 Å². The van der Waals surface area contributed by atoms with Gasteiger partial charge in [-0.2, -0.15) is 0 Å². The summed E-state index contributed by atoms with van der Waals surface area (Å²) in [7, 11) is 0. The van der Waals surface area contributed by atoms with E-state index < -0.39 is 0 Å². The van der Waals surface area contributed by atoms with Crippen LogP contribution in [0.15, 0.2) is 48.8 Å². The zero-order valence-electron chi connectivity index (χ0n) is 12.4. The lowest BCUT2D eigenvalue weighted by molar-refractivity contribution is 0.474. The van der Waals surface area contributed by atoms with E-state index in [0.717, 1.165) is 33.6 Å². The van der Waals surface area contributed by atoms with Gasteiger partial charge in [0.25, 0.3) is 0 Å². The van der Waals surface area contributed by atoms with E-state index in [1.165, 1.54) is 0 Å². The summed E-state index contributed by atoms with van der Waals surface area (Å²) in [5.41, 5.74) is 5.25. The van der Waals surface area contributed by atoms with Crippen LogP contribution in [-0.2, 0) is 0 Å². The monoisotopic (exact) mass is 292 g/mol. The predicted molar refractivity (Wildman–Crippen MR) is 85.7 cm³/mol. The summed E-state index contributed by atoms with van der Waals surface area (Å²) in [5, 5.41) is 19.0. The number of hydrogen-bond acceptors (Lipinski definition) is 4. The first kappa shape index (κ1) is 14.1. The number of phenols is 2. The maximum Gasteiger partial charge on any atom is 0.115 e. The number of benzene rings is 2. The molecule has 4 nitrogen and oxygen atoms in total. The smallest absolute Gasteiger partial charge is 0.115 e. The SMILES string of the molecule is Cc1cc(O)ccc1-c1cncc(-c2ccc(O)cc2C)n1. The molecule has 0 fully saturated rings. The minimum Gasteiger partial charge on any atom is -0.508 e. The topological polar surface area (TPSA) is 66.2 Å². The van der Waals surface area contributed by atoms with Gasteiger partial charge in [0.1, 0.15) is 11.5 Å². The summed E-state index contributed by atoms with van der Waals surface area (Å²) in [5.74, 6) is 0.472. The van der Waals surface area contributed by atoms with Crippen LogP contribution in [0.1, 0.15) is 11.1 Å². The van der Waals surface area contributed by atoms with E-state index in [9.17, 15) is 10.2 Å². The molecule has 0 saturated carbocycles. The van der Waals surface area contributed by atoms with Crippen molar-refractivity contribution in [2.75, 3.05) is 0 Å². The Morgan fingerprint density at radius 2 is 1.18 bits per heavy atom. The van der Waals surface area contributed by atoms with Crippen LogP contribution in [0.3, 0.4) is 0 Å². The molecule has 0 amide bonds. The molecule has 3 rings (SSSR count). The Labute approximate surface area is 128 Å². The van der Waals surface area contributed by atoms with E-state index in [0.29, 0.717) is 0 Å². The van der Waals surface area contributed by atoms with Crippen LogP contribution in [0.4, 0.5) is 0 Å². The van der Waals surface area contributed by atoms with Crippen LogP contribution in [0.5, 0.6) is 11.5 Å². The van der Waals surface area contributed by atoms with Crippen molar-refractivity contribution in [1.82, 2.24) is 9.97 Å². The Morgan fingerprint density at radius 1 is 0.727 bits per heavy atom. The molecule has 0 saturated heterocycles. The Bertz CT molecular complexity index is 777. The highest BCUT2D eigenvalue weighted by Crippen LogP contribution is 2.28. The van der Waals surface area contributed by atoms with Crippen LogP contribution in [0.25, 0.3) is 22.5 Å². The van der Waals surface area contributed by atoms with Gasteiger partial charge in [-0.25, -0.2) is 4.98 Å². The number of aromatic nitrogens is 2. The third kappa shape index (κ3) is 2.63. The van der Waals surface area contributed by atoms with E-state index >= 15 is 0 Å². The van der Waals surface area contributed by atoms with E-state index in [1.807, 2.05) is 26.0 Å². The first-order valence-corrected chi connectivity index (χ1v) is 6.96. The Kier molecular flexibility index (Phi) is 3.51. The molecular weight excluding hydrogens is 276 g/mol. The molecule has 0 bridgehead atoms. The third-order valence-electron chi connectivity index (χ3n) is 3.61. The average Bonchev–Trinajstić information content (AvgIpc) is 2.47. The lowest BCUT2D eigenvalue weighted by Gasteiger charge is -2.09. The van der Waals surface area contributed by atoms with Crippen LogP contribution in [-0.4, -0.2) is 20.2 Å². The minimum atomic E-state index is 0.236. The van der Waals surface area contributed by atoms with Crippen molar-refractivity contribution in [3.8, 4) is 34.0 Å². The van der Waals surface area contributed by atoms with Crippen molar-refractivity contribution >= 4 is 0 Å². The number of hydrogen-bond donors (Lipinski definition) is 2.